The summed E-state index contributed by atoms with van der Waals surface area (Å²) in [7, 11) is 3.54. The van der Waals surface area contributed by atoms with Gasteiger partial charge in [0.05, 0.1) is 13.7 Å². The molecule has 1 saturated carbocycles. The van der Waals surface area contributed by atoms with Crippen molar-refractivity contribution in [2.24, 2.45) is 17.3 Å². The quantitative estimate of drug-likeness (QED) is 0.820. The van der Waals surface area contributed by atoms with Crippen molar-refractivity contribution in [2.75, 3.05) is 20.8 Å². The predicted molar refractivity (Wildman–Crippen MR) is 89.7 cm³/mol. The third kappa shape index (κ3) is 2.02. The second kappa shape index (κ2) is 5.22. The second-order valence-electron chi connectivity index (χ2n) is 7.90. The van der Waals surface area contributed by atoms with Crippen LogP contribution in [0.2, 0.25) is 0 Å². The van der Waals surface area contributed by atoms with Gasteiger partial charge in [0.15, 0.2) is 5.79 Å². The average Bonchev–Trinajstić information content (AvgIpc) is 2.86. The van der Waals surface area contributed by atoms with Crippen molar-refractivity contribution >= 4 is 0 Å². The number of benzene rings is 1. The van der Waals surface area contributed by atoms with Crippen LogP contribution < -0.4 is 4.74 Å². The van der Waals surface area contributed by atoms with Gasteiger partial charge in [0.2, 0.25) is 0 Å². The molecule has 126 valence electrons. The first-order valence-corrected chi connectivity index (χ1v) is 8.88. The minimum atomic E-state index is -0.428. The zero-order chi connectivity index (χ0) is 16.2. The zero-order valence-corrected chi connectivity index (χ0v) is 14.7. The van der Waals surface area contributed by atoms with Crippen molar-refractivity contribution in [3.05, 3.63) is 29.3 Å². The number of aryl methyl sites for hydroxylation is 1. The Bertz CT molecular complexity index is 613. The molecule has 3 heteroatoms. The van der Waals surface area contributed by atoms with Crippen LogP contribution in [0, 0.1) is 17.3 Å². The summed E-state index contributed by atoms with van der Waals surface area (Å²) in [6, 6.07) is 6.67. The molecular weight excluding hydrogens is 288 g/mol. The van der Waals surface area contributed by atoms with Gasteiger partial charge in [-0.15, -0.1) is 0 Å². The van der Waals surface area contributed by atoms with Crippen molar-refractivity contribution in [3.63, 3.8) is 0 Å². The van der Waals surface area contributed by atoms with Crippen molar-refractivity contribution < 1.29 is 14.2 Å². The molecule has 1 aromatic rings. The molecule has 23 heavy (non-hydrogen) atoms. The average molecular weight is 316 g/mol. The first-order valence-electron chi connectivity index (χ1n) is 8.88. The summed E-state index contributed by atoms with van der Waals surface area (Å²) in [6.07, 6.45) is 4.83. The third-order valence-electron chi connectivity index (χ3n) is 7.29. The Morgan fingerprint density at radius 3 is 2.74 bits per heavy atom. The highest BCUT2D eigenvalue weighted by atomic mass is 16.7. The molecule has 1 saturated heterocycles. The minimum Gasteiger partial charge on any atom is -0.497 e. The first-order chi connectivity index (χ1) is 11.0. The fraction of sp³-hybridized carbons (Fsp3) is 0.700. The zero-order valence-electron chi connectivity index (χ0n) is 14.7. The van der Waals surface area contributed by atoms with Crippen molar-refractivity contribution in [1.29, 1.82) is 0 Å². The molecular formula is C20H28O3. The monoisotopic (exact) mass is 316 g/mol. The number of ether oxygens (including phenoxy) is 3. The van der Waals surface area contributed by atoms with E-state index in [-0.39, 0.29) is 5.41 Å². The van der Waals surface area contributed by atoms with Gasteiger partial charge in [0, 0.05) is 12.5 Å². The number of hydrogen-bond acceptors (Lipinski definition) is 3. The summed E-state index contributed by atoms with van der Waals surface area (Å²) >= 11 is 0. The number of hydrogen-bond donors (Lipinski definition) is 0. The standard InChI is InChI=1S/C20H28O3/c1-19-10-9-16-15-8-6-14(21-3)11-13(15)5-7-17(16)18(19)12-23-20(19,2)22-4/h6,8,11,16-18H,5,7,9-10,12H2,1-4H3/t16-,17-,18+,19+,20-/m1/s1. The number of methoxy groups -OCH3 is 2. The van der Waals surface area contributed by atoms with Crippen molar-refractivity contribution in [1.82, 2.24) is 0 Å². The van der Waals surface area contributed by atoms with E-state index in [2.05, 4.69) is 32.0 Å². The van der Waals surface area contributed by atoms with Gasteiger partial charge in [-0.3, -0.25) is 0 Å². The molecule has 1 heterocycles. The molecule has 0 bridgehead atoms. The molecule has 3 aliphatic rings. The number of rotatable bonds is 2. The molecule has 1 aromatic carbocycles. The van der Waals surface area contributed by atoms with Crippen LogP contribution in [0.15, 0.2) is 18.2 Å². The maximum atomic E-state index is 6.17. The fourth-order valence-electron chi connectivity index (χ4n) is 5.58. The minimum absolute atomic E-state index is 0.132. The van der Waals surface area contributed by atoms with Crippen LogP contribution in [0.25, 0.3) is 0 Å². The van der Waals surface area contributed by atoms with E-state index in [1.807, 2.05) is 0 Å². The molecule has 0 radical (unpaired) electrons. The Morgan fingerprint density at radius 1 is 1.17 bits per heavy atom. The van der Waals surface area contributed by atoms with Crippen LogP contribution in [-0.4, -0.2) is 26.6 Å². The van der Waals surface area contributed by atoms with Crippen LogP contribution in [0.1, 0.15) is 50.2 Å². The lowest BCUT2D eigenvalue weighted by atomic mass is 9.53. The van der Waals surface area contributed by atoms with Gasteiger partial charge in [0.1, 0.15) is 5.75 Å². The molecule has 2 aliphatic carbocycles. The second-order valence-corrected chi connectivity index (χ2v) is 7.90. The van der Waals surface area contributed by atoms with Crippen LogP contribution in [0.4, 0.5) is 0 Å². The van der Waals surface area contributed by atoms with Crippen LogP contribution in [0.5, 0.6) is 5.75 Å². The van der Waals surface area contributed by atoms with Gasteiger partial charge >= 0.3 is 0 Å². The summed E-state index contributed by atoms with van der Waals surface area (Å²) in [4.78, 5) is 0. The Kier molecular flexibility index (Phi) is 3.51. The third-order valence-corrected chi connectivity index (χ3v) is 7.29. The molecule has 1 aliphatic heterocycles. The Hall–Kier alpha value is -1.06. The predicted octanol–water partition coefficient (Wildman–Crippen LogP) is 4.15. The van der Waals surface area contributed by atoms with Crippen LogP contribution in [-0.2, 0) is 15.9 Å². The van der Waals surface area contributed by atoms with E-state index in [0.717, 1.165) is 18.8 Å². The van der Waals surface area contributed by atoms with E-state index in [1.54, 1.807) is 19.8 Å². The number of fused-ring (bicyclic) bond motifs is 5. The normalized spacial score (nSPS) is 41.8. The van der Waals surface area contributed by atoms with Crippen LogP contribution >= 0.6 is 0 Å². The van der Waals surface area contributed by atoms with E-state index in [9.17, 15) is 0 Å². The van der Waals surface area contributed by atoms with E-state index in [1.165, 1.54) is 24.8 Å². The SMILES string of the molecule is COc1ccc2c(c1)CC[C@@H]1[C@@H]2CC[C@@]2(C)[C@H]1CO[C@@]2(C)OC. The Morgan fingerprint density at radius 2 is 2.00 bits per heavy atom. The maximum Gasteiger partial charge on any atom is 0.170 e. The first kappa shape index (κ1) is 15.5. The molecule has 0 N–H and O–H groups in total. The van der Waals surface area contributed by atoms with Crippen molar-refractivity contribution in [3.8, 4) is 5.75 Å². The van der Waals surface area contributed by atoms with Gasteiger partial charge in [-0.05, 0) is 73.6 Å². The Labute approximate surface area is 139 Å². The van der Waals surface area contributed by atoms with E-state index in [0.29, 0.717) is 17.8 Å². The van der Waals surface area contributed by atoms with Gasteiger partial charge < -0.3 is 14.2 Å². The summed E-state index contributed by atoms with van der Waals surface area (Å²) in [5, 5.41) is 0. The Balaban J connectivity index is 1.68. The topological polar surface area (TPSA) is 27.7 Å². The van der Waals surface area contributed by atoms with Crippen molar-refractivity contribution in [2.45, 2.75) is 51.2 Å². The van der Waals surface area contributed by atoms with E-state index >= 15 is 0 Å². The molecule has 0 amide bonds. The molecule has 2 fully saturated rings. The lowest BCUT2D eigenvalue weighted by molar-refractivity contribution is -0.236. The van der Waals surface area contributed by atoms with Gasteiger partial charge in [0.25, 0.3) is 0 Å². The molecule has 0 spiro atoms. The lowest BCUT2D eigenvalue weighted by Crippen LogP contribution is -2.50. The summed E-state index contributed by atoms with van der Waals surface area (Å²) in [5.74, 6) is 2.54. The molecule has 4 rings (SSSR count). The van der Waals surface area contributed by atoms with E-state index < -0.39 is 5.79 Å². The van der Waals surface area contributed by atoms with Gasteiger partial charge in [-0.1, -0.05) is 13.0 Å². The van der Waals surface area contributed by atoms with Gasteiger partial charge in [-0.25, -0.2) is 0 Å². The summed E-state index contributed by atoms with van der Waals surface area (Å²) < 4.78 is 17.4. The summed E-state index contributed by atoms with van der Waals surface area (Å²) in [6.45, 7) is 5.36. The molecule has 0 aromatic heterocycles. The largest absolute Gasteiger partial charge is 0.497 e. The maximum absolute atomic E-state index is 6.17. The molecule has 3 nitrogen and oxygen atoms in total. The lowest BCUT2D eigenvalue weighted by Gasteiger charge is -2.51. The highest BCUT2D eigenvalue weighted by Crippen LogP contribution is 2.62. The molecule has 5 atom stereocenters. The highest BCUT2D eigenvalue weighted by molar-refractivity contribution is 5.40. The highest BCUT2D eigenvalue weighted by Gasteiger charge is 2.61. The van der Waals surface area contributed by atoms with Gasteiger partial charge in [-0.2, -0.15) is 0 Å². The molecule has 0 unspecified atom stereocenters. The smallest absolute Gasteiger partial charge is 0.170 e. The fourth-order valence-corrected chi connectivity index (χ4v) is 5.58. The van der Waals surface area contributed by atoms with E-state index in [4.69, 9.17) is 14.2 Å². The van der Waals surface area contributed by atoms with Crippen LogP contribution in [0.3, 0.4) is 0 Å². The summed E-state index contributed by atoms with van der Waals surface area (Å²) in [5.41, 5.74) is 3.17.